The van der Waals surface area contributed by atoms with E-state index in [1.54, 1.807) is 6.08 Å². The summed E-state index contributed by atoms with van der Waals surface area (Å²) in [4.78, 5) is 13.2. The van der Waals surface area contributed by atoms with E-state index in [1.807, 2.05) is 6.08 Å². The van der Waals surface area contributed by atoms with Crippen molar-refractivity contribution in [3.63, 3.8) is 0 Å². The zero-order chi connectivity index (χ0) is 48.9. The normalized spacial score (nSPS) is 26.8. The van der Waals surface area contributed by atoms with Gasteiger partial charge in [-0.2, -0.15) is 0 Å². The highest BCUT2D eigenvalue weighted by molar-refractivity contribution is 5.76. The van der Waals surface area contributed by atoms with Gasteiger partial charge in [0.25, 0.3) is 0 Å². The highest BCUT2D eigenvalue weighted by Crippen LogP contribution is 2.30. The van der Waals surface area contributed by atoms with Crippen LogP contribution in [0.3, 0.4) is 0 Å². The Morgan fingerprint density at radius 3 is 1.46 bits per heavy atom. The van der Waals surface area contributed by atoms with Gasteiger partial charge in [-0.15, -0.1) is 0 Å². The van der Waals surface area contributed by atoms with Crippen LogP contribution in [0.1, 0.15) is 200 Å². The fourth-order valence-corrected chi connectivity index (χ4v) is 8.65. The number of carbonyl (C=O) groups excluding carboxylic acids is 1. The summed E-state index contributed by atoms with van der Waals surface area (Å²) in [5.74, 6) is -0.258. The molecule has 67 heavy (non-hydrogen) atoms. The second-order valence-corrected chi connectivity index (χ2v) is 19.0. The largest absolute Gasteiger partial charge is 0.394 e. The summed E-state index contributed by atoms with van der Waals surface area (Å²) < 4.78 is 22.7. The summed E-state index contributed by atoms with van der Waals surface area (Å²) >= 11 is 0. The van der Waals surface area contributed by atoms with Crippen LogP contribution in [0.4, 0.5) is 0 Å². The number of ether oxygens (including phenoxy) is 4. The minimum atomic E-state index is -1.79. The average Bonchev–Trinajstić information content (AvgIpc) is 3.32. The monoisotopic (exact) mass is 956 g/mol. The maximum absolute atomic E-state index is 13.2. The van der Waals surface area contributed by atoms with E-state index in [1.165, 1.54) is 116 Å². The van der Waals surface area contributed by atoms with Crippen molar-refractivity contribution in [1.82, 2.24) is 5.32 Å². The Morgan fingerprint density at radius 2 is 0.955 bits per heavy atom. The molecule has 0 aromatic heterocycles. The van der Waals surface area contributed by atoms with Crippen LogP contribution in [0.25, 0.3) is 0 Å². The van der Waals surface area contributed by atoms with Crippen molar-refractivity contribution in [2.75, 3.05) is 19.8 Å². The number of aliphatic hydroxyl groups excluding tert-OH is 8. The van der Waals surface area contributed by atoms with Gasteiger partial charge in [0, 0.05) is 6.42 Å². The van der Waals surface area contributed by atoms with Crippen molar-refractivity contribution in [3.05, 3.63) is 36.5 Å². The number of hydrogen-bond acceptors (Lipinski definition) is 13. The zero-order valence-electron chi connectivity index (χ0n) is 41.6. The maximum Gasteiger partial charge on any atom is 0.220 e. The molecule has 12 atom stereocenters. The first kappa shape index (κ1) is 61.3. The topological polar surface area (TPSA) is 228 Å². The number of hydrogen-bond donors (Lipinski definition) is 9. The minimum Gasteiger partial charge on any atom is -0.394 e. The third kappa shape index (κ3) is 26.8. The molecule has 2 aliphatic heterocycles. The quantitative estimate of drug-likeness (QED) is 0.0214. The van der Waals surface area contributed by atoms with Crippen molar-refractivity contribution < 1.29 is 64.6 Å². The van der Waals surface area contributed by atoms with Gasteiger partial charge >= 0.3 is 0 Å². The molecule has 0 spiro atoms. The molecule has 2 rings (SSSR count). The predicted molar refractivity (Wildman–Crippen MR) is 263 cm³/mol. The molecule has 0 saturated carbocycles. The summed E-state index contributed by atoms with van der Waals surface area (Å²) in [5.41, 5.74) is 0. The molecule has 2 fully saturated rings. The Kier molecular flexibility index (Phi) is 36.5. The molecule has 0 radical (unpaired) electrons. The van der Waals surface area contributed by atoms with E-state index >= 15 is 0 Å². The third-order valence-corrected chi connectivity index (χ3v) is 13.0. The summed E-state index contributed by atoms with van der Waals surface area (Å²) in [5, 5.41) is 86.8. The molecule has 2 heterocycles. The first-order chi connectivity index (χ1) is 32.6. The zero-order valence-corrected chi connectivity index (χ0v) is 41.6. The number of aliphatic hydroxyl groups is 8. The van der Waals surface area contributed by atoms with Crippen molar-refractivity contribution in [3.8, 4) is 0 Å². The molecule has 0 aliphatic carbocycles. The molecule has 12 unspecified atom stereocenters. The Labute approximate surface area is 404 Å². The van der Waals surface area contributed by atoms with Gasteiger partial charge in [0.2, 0.25) is 5.91 Å². The predicted octanol–water partition coefficient (Wildman–Crippen LogP) is 7.49. The molecule has 0 aromatic rings. The van der Waals surface area contributed by atoms with Crippen LogP contribution in [0.2, 0.25) is 0 Å². The molecule has 14 heteroatoms. The number of nitrogens with one attached hydrogen (secondary N) is 1. The smallest absolute Gasteiger partial charge is 0.220 e. The molecule has 14 nitrogen and oxygen atoms in total. The van der Waals surface area contributed by atoms with Gasteiger partial charge in [-0.1, -0.05) is 172 Å². The lowest BCUT2D eigenvalue weighted by atomic mass is 9.97. The lowest BCUT2D eigenvalue weighted by Crippen LogP contribution is -2.65. The van der Waals surface area contributed by atoms with E-state index in [2.05, 4.69) is 43.5 Å². The van der Waals surface area contributed by atoms with Gasteiger partial charge in [-0.25, -0.2) is 0 Å². The molecule has 0 aromatic carbocycles. The fraction of sp³-hybridized carbons (Fsp3) is 0.868. The van der Waals surface area contributed by atoms with Gasteiger partial charge in [0.1, 0.15) is 48.8 Å². The average molecular weight is 956 g/mol. The van der Waals surface area contributed by atoms with Gasteiger partial charge < -0.3 is 65.1 Å². The van der Waals surface area contributed by atoms with E-state index in [9.17, 15) is 45.6 Å². The van der Waals surface area contributed by atoms with E-state index in [-0.39, 0.29) is 18.9 Å². The van der Waals surface area contributed by atoms with E-state index in [0.717, 1.165) is 51.4 Å². The Morgan fingerprint density at radius 1 is 0.522 bits per heavy atom. The van der Waals surface area contributed by atoms with Crippen molar-refractivity contribution in [1.29, 1.82) is 0 Å². The molecule has 0 bridgehead atoms. The SMILES string of the molecule is CCCCCCCCC/C=C\CCCCCCCC(=O)NC(COC1OC(CO)C(OC2OC(CO)C(O)C(O)C2O)C(O)C1O)C(O)/C=C/CC/C=C/CCCCCCCCCCCCC. The highest BCUT2D eigenvalue weighted by Gasteiger charge is 2.51. The molecular formula is C53H97NO13. The second kappa shape index (κ2) is 39.9. The highest BCUT2D eigenvalue weighted by atomic mass is 16.7. The van der Waals surface area contributed by atoms with Gasteiger partial charge in [-0.05, 0) is 57.8 Å². The van der Waals surface area contributed by atoms with Crippen LogP contribution in [0.5, 0.6) is 0 Å². The maximum atomic E-state index is 13.2. The first-order valence-corrected chi connectivity index (χ1v) is 26.7. The first-order valence-electron chi connectivity index (χ1n) is 26.7. The van der Waals surface area contributed by atoms with E-state index in [0.29, 0.717) is 12.8 Å². The van der Waals surface area contributed by atoms with Crippen LogP contribution in [0, 0.1) is 0 Å². The standard InChI is InChI=1S/C53H97NO13/c1-3-5-7-9-11-13-15-17-19-21-22-24-26-28-30-32-34-36-42(57)41(54-45(58)37-35-33-31-29-27-25-23-20-18-16-14-12-10-8-6-4-2)40-64-52-50(63)48(61)51(44(39-56)66-52)67-53-49(62)47(60)46(59)43(38-55)65-53/h20,23,26,28,34,36,41-44,46-53,55-57,59-63H,3-19,21-22,24-25,27,29-33,35,37-40H2,1-2H3,(H,54,58)/b23-20-,28-26+,36-34+. The van der Waals surface area contributed by atoms with Crippen LogP contribution in [-0.2, 0) is 23.7 Å². The summed E-state index contributed by atoms with van der Waals surface area (Å²) in [6.07, 6.45) is 28.9. The van der Waals surface area contributed by atoms with Crippen LogP contribution in [-0.4, -0.2) is 140 Å². The van der Waals surface area contributed by atoms with E-state index < -0.39 is 86.8 Å². The summed E-state index contributed by atoms with van der Waals surface area (Å²) in [7, 11) is 0. The second-order valence-electron chi connectivity index (χ2n) is 19.0. The fourth-order valence-electron chi connectivity index (χ4n) is 8.65. The van der Waals surface area contributed by atoms with Crippen LogP contribution >= 0.6 is 0 Å². The summed E-state index contributed by atoms with van der Waals surface area (Å²) in [6.45, 7) is 2.76. The molecule has 1 amide bonds. The number of allylic oxidation sites excluding steroid dienone is 5. The van der Waals surface area contributed by atoms with Gasteiger partial charge in [0.15, 0.2) is 12.6 Å². The molecule has 2 aliphatic rings. The number of carbonyl (C=O) groups is 1. The van der Waals surface area contributed by atoms with Gasteiger partial charge in [0.05, 0.1) is 32.0 Å². The number of rotatable bonds is 41. The molecular weight excluding hydrogens is 859 g/mol. The van der Waals surface area contributed by atoms with E-state index in [4.69, 9.17) is 18.9 Å². The third-order valence-electron chi connectivity index (χ3n) is 13.0. The summed E-state index contributed by atoms with van der Waals surface area (Å²) in [6, 6.07) is -0.934. The number of unbranched alkanes of at least 4 members (excludes halogenated alkanes) is 24. The molecule has 392 valence electrons. The van der Waals surface area contributed by atoms with Crippen molar-refractivity contribution in [2.45, 2.75) is 274 Å². The lowest BCUT2D eigenvalue weighted by Gasteiger charge is -2.46. The van der Waals surface area contributed by atoms with Crippen molar-refractivity contribution in [2.24, 2.45) is 0 Å². The van der Waals surface area contributed by atoms with Crippen molar-refractivity contribution >= 4 is 5.91 Å². The Balaban J connectivity index is 1.86. The molecule has 2 saturated heterocycles. The minimum absolute atomic E-state index is 0.258. The van der Waals surface area contributed by atoms with Gasteiger partial charge in [-0.3, -0.25) is 4.79 Å². The molecule has 9 N–H and O–H groups in total. The lowest BCUT2D eigenvalue weighted by molar-refractivity contribution is -0.359. The Hall–Kier alpha value is -1.79. The van der Waals surface area contributed by atoms with Crippen LogP contribution < -0.4 is 5.32 Å². The number of amides is 1. The Bertz CT molecular complexity index is 1270. The van der Waals surface area contributed by atoms with Crippen LogP contribution in [0.15, 0.2) is 36.5 Å².